The molecule has 4 N–H and O–H groups in total. The highest BCUT2D eigenvalue weighted by atomic mass is 16.3. The van der Waals surface area contributed by atoms with Gasteiger partial charge in [-0.15, -0.1) is 0 Å². The first kappa shape index (κ1) is 21.4. The normalized spacial score (nSPS) is 22.8. The van der Waals surface area contributed by atoms with E-state index in [-0.39, 0.29) is 29.0 Å². The van der Waals surface area contributed by atoms with Crippen LogP contribution in [0.15, 0.2) is 23.0 Å². The maximum atomic E-state index is 13.1. The number of benzene rings is 1. The Labute approximate surface area is 181 Å². The lowest BCUT2D eigenvalue weighted by molar-refractivity contribution is 0.0900. The zero-order valence-corrected chi connectivity index (χ0v) is 18.3. The van der Waals surface area contributed by atoms with Crippen LogP contribution in [0, 0.1) is 5.41 Å². The Bertz CT molecular complexity index is 1100. The van der Waals surface area contributed by atoms with E-state index < -0.39 is 5.91 Å². The standard InChI is InChI=1S/C23H30N4O4/c1-23(2)11-18-20(19(29)12-23)26(3)22(31)27(18)14-6-9-16(21(24)30)17(10-14)25-13-4-7-15(28)8-5-13/h6,9-10,13,15,25,28H,4-5,7-8,11-12H2,1-3H3,(H2,24,30). The lowest BCUT2D eigenvalue weighted by Crippen LogP contribution is -2.30. The van der Waals surface area contributed by atoms with Gasteiger partial charge in [0.1, 0.15) is 5.69 Å². The molecule has 1 aromatic carbocycles. The van der Waals surface area contributed by atoms with Gasteiger partial charge in [0.15, 0.2) is 5.78 Å². The van der Waals surface area contributed by atoms with Crippen molar-refractivity contribution in [2.24, 2.45) is 18.2 Å². The first-order valence-electron chi connectivity index (χ1n) is 10.8. The fourth-order valence-electron chi connectivity index (χ4n) is 4.92. The minimum Gasteiger partial charge on any atom is -0.393 e. The van der Waals surface area contributed by atoms with E-state index in [9.17, 15) is 19.5 Å². The minimum absolute atomic E-state index is 0.0301. The molecule has 1 fully saturated rings. The predicted octanol–water partition coefficient (Wildman–Crippen LogP) is 2.15. The van der Waals surface area contributed by atoms with Gasteiger partial charge in [-0.2, -0.15) is 0 Å². The fraction of sp³-hybridized carbons (Fsp3) is 0.522. The second kappa shape index (κ2) is 7.67. The molecule has 8 heteroatoms. The number of nitrogens with zero attached hydrogens (tertiary/aromatic N) is 2. The number of imidazole rings is 1. The number of aliphatic hydroxyl groups excluding tert-OH is 1. The highest BCUT2D eigenvalue weighted by Crippen LogP contribution is 2.35. The van der Waals surface area contributed by atoms with Gasteiger partial charge in [-0.05, 0) is 55.7 Å². The molecule has 1 saturated carbocycles. The predicted molar refractivity (Wildman–Crippen MR) is 118 cm³/mol. The van der Waals surface area contributed by atoms with Crippen molar-refractivity contribution in [1.29, 1.82) is 0 Å². The van der Waals surface area contributed by atoms with Crippen LogP contribution in [0.3, 0.4) is 0 Å². The van der Waals surface area contributed by atoms with Crippen LogP contribution in [0.1, 0.15) is 72.5 Å². The number of Topliss-reactive ketones (excluding diaryl/α,β-unsaturated/α-hetero) is 1. The topological polar surface area (TPSA) is 119 Å². The molecular weight excluding hydrogens is 396 g/mol. The van der Waals surface area contributed by atoms with Crippen molar-refractivity contribution in [2.45, 2.75) is 64.5 Å². The number of ketones is 1. The second-order valence-electron chi connectivity index (χ2n) is 9.66. The summed E-state index contributed by atoms with van der Waals surface area (Å²) in [5, 5.41) is 13.2. The summed E-state index contributed by atoms with van der Waals surface area (Å²) in [5.41, 5.74) is 7.74. The molecule has 4 rings (SSSR count). The van der Waals surface area contributed by atoms with Gasteiger partial charge in [-0.25, -0.2) is 4.79 Å². The van der Waals surface area contributed by atoms with Crippen molar-refractivity contribution in [2.75, 3.05) is 5.32 Å². The molecule has 0 unspecified atom stereocenters. The number of nitrogens with two attached hydrogens (primary N) is 1. The Kier molecular flexibility index (Phi) is 5.29. The average molecular weight is 427 g/mol. The number of carbonyl (C=O) groups excluding carboxylic acids is 2. The summed E-state index contributed by atoms with van der Waals surface area (Å²) in [7, 11) is 1.62. The highest BCUT2D eigenvalue weighted by Gasteiger charge is 2.36. The molecular formula is C23H30N4O4. The van der Waals surface area contributed by atoms with E-state index in [2.05, 4.69) is 5.32 Å². The molecule has 0 aliphatic heterocycles. The number of aromatic nitrogens is 2. The Hall–Kier alpha value is -2.87. The largest absolute Gasteiger partial charge is 0.393 e. The van der Waals surface area contributed by atoms with Crippen LogP contribution >= 0.6 is 0 Å². The van der Waals surface area contributed by atoms with E-state index in [0.717, 1.165) is 12.8 Å². The number of nitrogens with one attached hydrogen (secondary N) is 1. The maximum Gasteiger partial charge on any atom is 0.333 e. The molecule has 166 valence electrons. The molecule has 0 radical (unpaired) electrons. The number of primary amides is 1. The third-order valence-electron chi connectivity index (χ3n) is 6.49. The number of hydrogen-bond donors (Lipinski definition) is 3. The zero-order chi connectivity index (χ0) is 22.5. The van der Waals surface area contributed by atoms with Crippen molar-refractivity contribution in [3.63, 3.8) is 0 Å². The van der Waals surface area contributed by atoms with Gasteiger partial charge in [0.2, 0.25) is 0 Å². The van der Waals surface area contributed by atoms with Gasteiger partial charge in [-0.1, -0.05) is 13.8 Å². The summed E-state index contributed by atoms with van der Waals surface area (Å²) in [4.78, 5) is 37.9. The maximum absolute atomic E-state index is 13.1. The molecule has 2 aliphatic carbocycles. The Balaban J connectivity index is 1.79. The number of hydrogen-bond acceptors (Lipinski definition) is 5. The molecule has 1 amide bonds. The summed E-state index contributed by atoms with van der Waals surface area (Å²) in [6.07, 6.45) is 3.69. The van der Waals surface area contributed by atoms with Crippen molar-refractivity contribution < 1.29 is 14.7 Å². The van der Waals surface area contributed by atoms with Gasteiger partial charge in [0, 0.05) is 25.2 Å². The van der Waals surface area contributed by atoms with Crippen LogP contribution in [0.25, 0.3) is 5.69 Å². The molecule has 2 aromatic rings. The van der Waals surface area contributed by atoms with Crippen molar-refractivity contribution in [1.82, 2.24) is 9.13 Å². The second-order valence-corrected chi connectivity index (χ2v) is 9.66. The van der Waals surface area contributed by atoms with Crippen molar-refractivity contribution in [3.05, 3.63) is 45.6 Å². The summed E-state index contributed by atoms with van der Waals surface area (Å²) in [5.74, 6) is -0.582. The monoisotopic (exact) mass is 426 g/mol. The third-order valence-corrected chi connectivity index (χ3v) is 6.49. The summed E-state index contributed by atoms with van der Waals surface area (Å²) < 4.78 is 3.00. The van der Waals surface area contributed by atoms with Crippen LogP contribution < -0.4 is 16.7 Å². The third kappa shape index (κ3) is 3.92. The lowest BCUT2D eigenvalue weighted by atomic mass is 9.77. The van der Waals surface area contributed by atoms with Crippen molar-refractivity contribution >= 4 is 17.4 Å². The zero-order valence-electron chi connectivity index (χ0n) is 18.3. The van der Waals surface area contributed by atoms with Crippen LogP contribution in [-0.4, -0.2) is 38.1 Å². The van der Waals surface area contributed by atoms with Crippen LogP contribution in [0.4, 0.5) is 5.69 Å². The summed E-state index contributed by atoms with van der Waals surface area (Å²) >= 11 is 0. The van der Waals surface area contributed by atoms with Gasteiger partial charge >= 0.3 is 5.69 Å². The molecule has 2 aliphatic rings. The van der Waals surface area contributed by atoms with Gasteiger partial charge in [0.05, 0.1) is 23.0 Å². The number of anilines is 1. The van der Waals surface area contributed by atoms with Crippen LogP contribution in [-0.2, 0) is 13.5 Å². The van der Waals surface area contributed by atoms with E-state index in [1.807, 2.05) is 13.8 Å². The van der Waals surface area contributed by atoms with E-state index in [0.29, 0.717) is 54.0 Å². The number of aliphatic hydroxyl groups is 1. The summed E-state index contributed by atoms with van der Waals surface area (Å²) in [6.45, 7) is 4.05. The van der Waals surface area contributed by atoms with Gasteiger partial charge in [-0.3, -0.25) is 18.7 Å². The Morgan fingerprint density at radius 3 is 2.48 bits per heavy atom. The molecule has 0 spiro atoms. The first-order chi connectivity index (χ1) is 14.6. The molecule has 0 atom stereocenters. The minimum atomic E-state index is -0.552. The van der Waals surface area contributed by atoms with E-state index in [4.69, 9.17) is 5.73 Å². The van der Waals surface area contributed by atoms with Crippen LogP contribution in [0.2, 0.25) is 0 Å². The molecule has 1 heterocycles. The molecule has 0 bridgehead atoms. The average Bonchev–Trinajstić information content (AvgIpc) is 2.92. The fourth-order valence-corrected chi connectivity index (χ4v) is 4.92. The van der Waals surface area contributed by atoms with Crippen LogP contribution in [0.5, 0.6) is 0 Å². The van der Waals surface area contributed by atoms with Crippen molar-refractivity contribution in [3.8, 4) is 5.69 Å². The molecule has 31 heavy (non-hydrogen) atoms. The molecule has 0 saturated heterocycles. The van der Waals surface area contributed by atoms with Gasteiger partial charge in [0.25, 0.3) is 5.91 Å². The van der Waals surface area contributed by atoms with E-state index in [1.165, 1.54) is 4.57 Å². The van der Waals surface area contributed by atoms with E-state index >= 15 is 0 Å². The Morgan fingerprint density at radius 2 is 1.84 bits per heavy atom. The smallest absolute Gasteiger partial charge is 0.333 e. The lowest BCUT2D eigenvalue weighted by Gasteiger charge is -2.29. The summed E-state index contributed by atoms with van der Waals surface area (Å²) in [6, 6.07) is 5.20. The quantitative estimate of drug-likeness (QED) is 0.692. The van der Waals surface area contributed by atoms with E-state index in [1.54, 1.807) is 29.8 Å². The van der Waals surface area contributed by atoms with Gasteiger partial charge < -0.3 is 16.2 Å². The Morgan fingerprint density at radius 1 is 1.16 bits per heavy atom. The number of fused-ring (bicyclic) bond motifs is 1. The number of carbonyl (C=O) groups is 2. The molecule has 1 aromatic heterocycles. The first-order valence-corrected chi connectivity index (χ1v) is 10.8. The number of rotatable bonds is 4. The number of amides is 1. The molecule has 8 nitrogen and oxygen atoms in total. The highest BCUT2D eigenvalue weighted by molar-refractivity contribution is 5.99. The SMILES string of the molecule is Cn1c2c(n(-c3ccc(C(N)=O)c(NC4CCC(O)CC4)c3)c1=O)CC(C)(C)CC2=O.